The molecular formula is C21H21F3N2O2. The first kappa shape index (κ1) is 19.9. The van der Waals surface area contributed by atoms with Crippen molar-refractivity contribution in [3.8, 4) is 0 Å². The van der Waals surface area contributed by atoms with Gasteiger partial charge in [0.1, 0.15) is 5.82 Å². The summed E-state index contributed by atoms with van der Waals surface area (Å²) in [6.07, 6.45) is 1.22. The van der Waals surface area contributed by atoms with E-state index in [1.165, 1.54) is 23.1 Å². The highest BCUT2D eigenvalue weighted by molar-refractivity contribution is 5.95. The summed E-state index contributed by atoms with van der Waals surface area (Å²) in [5.41, 5.74) is 0.0192. The fraction of sp³-hybridized carbons (Fsp3) is 0.333. The molecule has 1 fully saturated rings. The third-order valence-electron chi connectivity index (χ3n) is 5.06. The molecular weight excluding hydrogens is 369 g/mol. The summed E-state index contributed by atoms with van der Waals surface area (Å²) in [6.45, 7) is 2.66. The second kappa shape index (κ2) is 8.04. The lowest BCUT2D eigenvalue weighted by Crippen LogP contribution is -2.51. The maximum Gasteiger partial charge on any atom is 0.253 e. The molecule has 1 aliphatic heterocycles. The van der Waals surface area contributed by atoms with Gasteiger partial charge >= 0.3 is 0 Å². The van der Waals surface area contributed by atoms with E-state index in [0.29, 0.717) is 19.4 Å². The maximum atomic E-state index is 13.4. The molecule has 4 nitrogen and oxygen atoms in total. The summed E-state index contributed by atoms with van der Waals surface area (Å²) >= 11 is 0. The van der Waals surface area contributed by atoms with E-state index in [2.05, 4.69) is 5.32 Å². The van der Waals surface area contributed by atoms with E-state index in [9.17, 15) is 22.8 Å². The van der Waals surface area contributed by atoms with Crippen LogP contribution in [0.3, 0.4) is 0 Å². The van der Waals surface area contributed by atoms with Gasteiger partial charge in [0.2, 0.25) is 5.91 Å². The second-order valence-corrected chi connectivity index (χ2v) is 7.33. The Bertz CT molecular complexity index is 886. The number of hydrogen-bond acceptors (Lipinski definition) is 2. The number of nitrogens with zero attached hydrogens (tertiary/aromatic N) is 1. The number of benzene rings is 2. The van der Waals surface area contributed by atoms with E-state index < -0.39 is 23.0 Å². The SMILES string of the molecule is CC1(C(=O)NCc2ccc(F)cc2)CCCN(C(=O)c2ccc(F)c(F)c2)C1. The van der Waals surface area contributed by atoms with Gasteiger partial charge in [-0.2, -0.15) is 0 Å². The quantitative estimate of drug-likeness (QED) is 0.866. The fourth-order valence-corrected chi connectivity index (χ4v) is 3.41. The van der Waals surface area contributed by atoms with Crippen molar-refractivity contribution in [2.75, 3.05) is 13.1 Å². The van der Waals surface area contributed by atoms with Crippen molar-refractivity contribution in [3.05, 3.63) is 71.0 Å². The molecule has 1 saturated heterocycles. The smallest absolute Gasteiger partial charge is 0.253 e. The molecule has 7 heteroatoms. The molecule has 0 aromatic heterocycles. The van der Waals surface area contributed by atoms with E-state index in [4.69, 9.17) is 0 Å². The Morgan fingerprint density at radius 3 is 2.46 bits per heavy atom. The Morgan fingerprint density at radius 2 is 1.79 bits per heavy atom. The molecule has 148 valence electrons. The first-order chi connectivity index (χ1) is 13.3. The zero-order chi connectivity index (χ0) is 20.3. The zero-order valence-electron chi connectivity index (χ0n) is 15.5. The van der Waals surface area contributed by atoms with Crippen molar-refractivity contribution in [2.24, 2.45) is 5.41 Å². The minimum absolute atomic E-state index is 0.0508. The molecule has 1 N–H and O–H groups in total. The van der Waals surface area contributed by atoms with Crippen LogP contribution in [0.15, 0.2) is 42.5 Å². The van der Waals surface area contributed by atoms with Crippen LogP contribution in [0.25, 0.3) is 0 Å². The van der Waals surface area contributed by atoms with Crippen LogP contribution >= 0.6 is 0 Å². The van der Waals surface area contributed by atoms with Crippen molar-refractivity contribution in [1.29, 1.82) is 0 Å². The predicted molar refractivity (Wildman–Crippen MR) is 97.8 cm³/mol. The first-order valence-corrected chi connectivity index (χ1v) is 9.05. The Labute approximate surface area is 161 Å². The number of likely N-dealkylation sites (tertiary alicyclic amines) is 1. The third kappa shape index (κ3) is 4.35. The van der Waals surface area contributed by atoms with Gasteiger partial charge in [-0.15, -0.1) is 0 Å². The van der Waals surface area contributed by atoms with Crippen molar-refractivity contribution in [2.45, 2.75) is 26.3 Å². The number of piperidine rings is 1. The molecule has 0 saturated carbocycles. The number of carbonyl (C=O) groups is 2. The normalized spacial score (nSPS) is 19.4. The number of nitrogens with one attached hydrogen (secondary N) is 1. The molecule has 2 amide bonds. The molecule has 1 heterocycles. The topological polar surface area (TPSA) is 49.4 Å². The van der Waals surface area contributed by atoms with Gasteiger partial charge in [0.05, 0.1) is 5.41 Å². The molecule has 2 aromatic rings. The number of carbonyl (C=O) groups excluding carboxylic acids is 2. The van der Waals surface area contributed by atoms with Crippen LogP contribution in [0, 0.1) is 22.9 Å². The molecule has 0 aliphatic carbocycles. The van der Waals surface area contributed by atoms with E-state index in [-0.39, 0.29) is 30.4 Å². The van der Waals surface area contributed by atoms with Crippen molar-refractivity contribution >= 4 is 11.8 Å². The molecule has 0 spiro atoms. The monoisotopic (exact) mass is 390 g/mol. The van der Waals surface area contributed by atoms with E-state index in [0.717, 1.165) is 17.7 Å². The average Bonchev–Trinajstić information content (AvgIpc) is 2.69. The van der Waals surface area contributed by atoms with Crippen LogP contribution < -0.4 is 5.32 Å². The summed E-state index contributed by atoms with van der Waals surface area (Å²) in [7, 11) is 0. The molecule has 0 radical (unpaired) electrons. The van der Waals surface area contributed by atoms with E-state index >= 15 is 0 Å². The van der Waals surface area contributed by atoms with Gasteiger partial charge in [-0.25, -0.2) is 13.2 Å². The number of rotatable bonds is 4. The highest BCUT2D eigenvalue weighted by atomic mass is 19.2. The number of hydrogen-bond donors (Lipinski definition) is 1. The molecule has 1 unspecified atom stereocenters. The van der Waals surface area contributed by atoms with Gasteiger partial charge in [0, 0.05) is 25.2 Å². The summed E-state index contributed by atoms with van der Waals surface area (Å²) in [5, 5.41) is 2.84. The number of amides is 2. The van der Waals surface area contributed by atoms with Crippen molar-refractivity contribution < 1.29 is 22.8 Å². The van der Waals surface area contributed by atoms with Crippen LogP contribution in [0.4, 0.5) is 13.2 Å². The lowest BCUT2D eigenvalue weighted by molar-refractivity contribution is -0.132. The summed E-state index contributed by atoms with van der Waals surface area (Å²) in [4.78, 5) is 26.9. The Balaban J connectivity index is 1.66. The molecule has 0 bridgehead atoms. The Morgan fingerprint density at radius 1 is 1.07 bits per heavy atom. The predicted octanol–water partition coefficient (Wildman–Crippen LogP) is 3.66. The van der Waals surface area contributed by atoms with E-state index in [1.54, 1.807) is 19.1 Å². The third-order valence-corrected chi connectivity index (χ3v) is 5.06. The standard InChI is InChI=1S/C21H21F3N2O2/c1-21(20(28)25-12-14-3-6-16(22)7-4-14)9-2-10-26(13-21)19(27)15-5-8-17(23)18(24)11-15/h3-8,11H,2,9-10,12-13H2,1H3,(H,25,28). The van der Waals surface area contributed by atoms with Gasteiger partial charge < -0.3 is 10.2 Å². The molecule has 1 aliphatic rings. The maximum absolute atomic E-state index is 13.4. The fourth-order valence-electron chi connectivity index (χ4n) is 3.41. The number of halogens is 3. The van der Waals surface area contributed by atoms with Gasteiger partial charge in [-0.3, -0.25) is 9.59 Å². The Kier molecular flexibility index (Phi) is 5.72. The molecule has 28 heavy (non-hydrogen) atoms. The van der Waals surface area contributed by atoms with Gasteiger partial charge in [-0.1, -0.05) is 12.1 Å². The summed E-state index contributed by atoms with van der Waals surface area (Å²) in [5.74, 6) is -3.08. The zero-order valence-corrected chi connectivity index (χ0v) is 15.5. The highest BCUT2D eigenvalue weighted by Gasteiger charge is 2.39. The van der Waals surface area contributed by atoms with Crippen molar-refractivity contribution in [3.63, 3.8) is 0 Å². The van der Waals surface area contributed by atoms with Crippen LogP contribution in [0.5, 0.6) is 0 Å². The minimum atomic E-state index is -1.08. The molecule has 2 aromatic carbocycles. The van der Waals surface area contributed by atoms with Gasteiger partial charge in [0.15, 0.2) is 11.6 Å². The van der Waals surface area contributed by atoms with E-state index in [1.807, 2.05) is 0 Å². The average molecular weight is 390 g/mol. The second-order valence-electron chi connectivity index (χ2n) is 7.33. The van der Waals surface area contributed by atoms with Gasteiger partial charge in [0.25, 0.3) is 5.91 Å². The lowest BCUT2D eigenvalue weighted by atomic mass is 9.80. The van der Waals surface area contributed by atoms with Gasteiger partial charge in [-0.05, 0) is 55.7 Å². The van der Waals surface area contributed by atoms with Crippen LogP contribution in [-0.4, -0.2) is 29.8 Å². The summed E-state index contributed by atoms with van der Waals surface area (Å²) in [6, 6.07) is 8.87. The first-order valence-electron chi connectivity index (χ1n) is 9.05. The molecule has 1 atom stereocenters. The lowest BCUT2D eigenvalue weighted by Gasteiger charge is -2.39. The van der Waals surface area contributed by atoms with Crippen molar-refractivity contribution in [1.82, 2.24) is 10.2 Å². The summed E-state index contributed by atoms with van der Waals surface area (Å²) < 4.78 is 39.5. The van der Waals surface area contributed by atoms with Crippen LogP contribution in [0.1, 0.15) is 35.7 Å². The largest absolute Gasteiger partial charge is 0.351 e. The highest BCUT2D eigenvalue weighted by Crippen LogP contribution is 2.31. The Hall–Kier alpha value is -2.83. The molecule has 3 rings (SSSR count). The van der Waals surface area contributed by atoms with Crippen LogP contribution in [0.2, 0.25) is 0 Å². The van der Waals surface area contributed by atoms with Crippen LogP contribution in [-0.2, 0) is 11.3 Å². The minimum Gasteiger partial charge on any atom is -0.351 e.